The SMILES string of the molecule is CN(Cc1ccccc1)C(=O)C[C@@H]1O[C@H](CNCc2ccc(F)cc2)[C@@H](O)[C@H]1O. The third kappa shape index (κ3) is 5.83. The molecule has 1 amide bonds. The Labute approximate surface area is 169 Å². The molecule has 0 unspecified atom stereocenters. The van der Waals surface area contributed by atoms with Gasteiger partial charge in [-0.1, -0.05) is 42.5 Å². The normalized spacial score (nSPS) is 23.9. The van der Waals surface area contributed by atoms with Crippen LogP contribution in [0.3, 0.4) is 0 Å². The summed E-state index contributed by atoms with van der Waals surface area (Å²) in [5, 5.41) is 23.7. The van der Waals surface area contributed by atoms with Crippen LogP contribution in [0, 0.1) is 5.82 Å². The van der Waals surface area contributed by atoms with Crippen molar-refractivity contribution in [2.75, 3.05) is 13.6 Å². The number of aliphatic hydroxyl groups excluding tert-OH is 2. The lowest BCUT2D eigenvalue weighted by atomic mass is 10.0. The molecule has 0 aromatic heterocycles. The summed E-state index contributed by atoms with van der Waals surface area (Å²) in [7, 11) is 1.70. The number of hydrogen-bond donors (Lipinski definition) is 3. The fourth-order valence-electron chi connectivity index (χ4n) is 3.40. The Balaban J connectivity index is 1.46. The third-order valence-electron chi connectivity index (χ3n) is 5.11. The smallest absolute Gasteiger partial charge is 0.225 e. The minimum Gasteiger partial charge on any atom is -0.388 e. The monoisotopic (exact) mass is 402 g/mol. The number of halogens is 1. The average Bonchev–Trinajstić information content (AvgIpc) is 2.98. The molecule has 1 heterocycles. The van der Waals surface area contributed by atoms with E-state index >= 15 is 0 Å². The van der Waals surface area contributed by atoms with Gasteiger partial charge < -0.3 is 25.2 Å². The molecular formula is C22H27FN2O4. The summed E-state index contributed by atoms with van der Waals surface area (Å²) >= 11 is 0. The van der Waals surface area contributed by atoms with Gasteiger partial charge in [0.05, 0.1) is 18.6 Å². The first-order valence-corrected chi connectivity index (χ1v) is 9.68. The molecule has 2 aromatic rings. The standard InChI is InChI=1S/C22H27FN2O4/c1-25(14-16-5-3-2-4-6-16)20(26)11-18-21(27)22(28)19(29-18)13-24-12-15-7-9-17(23)10-8-15/h2-10,18-19,21-22,24,27-28H,11-14H2,1H3/t18-,19+,21-,22+/m0/s1. The molecule has 1 saturated heterocycles. The van der Waals surface area contributed by atoms with Crippen molar-refractivity contribution < 1.29 is 24.1 Å². The van der Waals surface area contributed by atoms with Crippen molar-refractivity contribution in [2.45, 2.75) is 43.9 Å². The summed E-state index contributed by atoms with van der Waals surface area (Å²) in [6.45, 7) is 1.25. The van der Waals surface area contributed by atoms with Gasteiger partial charge in [-0.3, -0.25) is 4.79 Å². The molecule has 0 saturated carbocycles. The van der Waals surface area contributed by atoms with Crippen LogP contribution in [0.4, 0.5) is 4.39 Å². The zero-order chi connectivity index (χ0) is 20.8. The van der Waals surface area contributed by atoms with Crippen molar-refractivity contribution in [1.82, 2.24) is 10.2 Å². The first-order valence-electron chi connectivity index (χ1n) is 9.68. The molecular weight excluding hydrogens is 375 g/mol. The number of benzene rings is 2. The third-order valence-corrected chi connectivity index (χ3v) is 5.11. The van der Waals surface area contributed by atoms with E-state index in [0.29, 0.717) is 19.6 Å². The predicted molar refractivity (Wildman–Crippen MR) is 106 cm³/mol. The van der Waals surface area contributed by atoms with Gasteiger partial charge in [0, 0.05) is 26.7 Å². The molecule has 1 aliphatic rings. The molecule has 0 radical (unpaired) electrons. The minimum atomic E-state index is -1.12. The van der Waals surface area contributed by atoms with Gasteiger partial charge in [0.25, 0.3) is 0 Å². The molecule has 3 N–H and O–H groups in total. The van der Waals surface area contributed by atoms with E-state index in [1.807, 2.05) is 30.3 Å². The van der Waals surface area contributed by atoms with Crippen molar-refractivity contribution in [2.24, 2.45) is 0 Å². The van der Waals surface area contributed by atoms with Gasteiger partial charge in [0.2, 0.25) is 5.91 Å². The molecule has 156 valence electrons. The summed E-state index contributed by atoms with van der Waals surface area (Å²) in [5.74, 6) is -0.457. The maximum Gasteiger partial charge on any atom is 0.225 e. The van der Waals surface area contributed by atoms with Crippen LogP contribution < -0.4 is 5.32 Å². The minimum absolute atomic E-state index is 0.00395. The number of hydrogen-bond acceptors (Lipinski definition) is 5. The van der Waals surface area contributed by atoms with Gasteiger partial charge in [0.1, 0.15) is 18.0 Å². The second kappa shape index (κ2) is 9.93. The molecule has 3 rings (SSSR count). The summed E-state index contributed by atoms with van der Waals surface area (Å²) in [6, 6.07) is 15.7. The highest BCUT2D eigenvalue weighted by atomic mass is 19.1. The van der Waals surface area contributed by atoms with Crippen molar-refractivity contribution in [1.29, 1.82) is 0 Å². The highest BCUT2D eigenvalue weighted by Gasteiger charge is 2.43. The Morgan fingerprint density at radius 2 is 1.69 bits per heavy atom. The quantitative estimate of drug-likeness (QED) is 0.623. The van der Waals surface area contributed by atoms with Crippen molar-refractivity contribution in [3.8, 4) is 0 Å². The number of rotatable bonds is 8. The molecule has 7 heteroatoms. The van der Waals surface area contributed by atoms with Gasteiger partial charge in [-0.15, -0.1) is 0 Å². The molecule has 2 aromatic carbocycles. The number of carbonyl (C=O) groups excluding carboxylic acids is 1. The van der Waals surface area contributed by atoms with Crippen LogP contribution in [0.2, 0.25) is 0 Å². The van der Waals surface area contributed by atoms with Crippen LogP contribution in [-0.4, -0.2) is 59.0 Å². The Morgan fingerprint density at radius 3 is 2.38 bits per heavy atom. The first-order chi connectivity index (χ1) is 13.9. The molecule has 4 atom stereocenters. The number of nitrogens with zero attached hydrogens (tertiary/aromatic N) is 1. The molecule has 29 heavy (non-hydrogen) atoms. The Bertz CT molecular complexity index is 787. The van der Waals surface area contributed by atoms with Crippen molar-refractivity contribution >= 4 is 5.91 Å². The van der Waals surface area contributed by atoms with E-state index in [9.17, 15) is 19.4 Å². The lowest BCUT2D eigenvalue weighted by molar-refractivity contribution is -0.134. The lowest BCUT2D eigenvalue weighted by Gasteiger charge is -2.21. The fourth-order valence-corrected chi connectivity index (χ4v) is 3.40. The zero-order valence-corrected chi connectivity index (χ0v) is 16.4. The number of aliphatic hydroxyl groups is 2. The summed E-state index contributed by atoms with van der Waals surface area (Å²) < 4.78 is 18.7. The van der Waals surface area contributed by atoms with E-state index in [2.05, 4.69) is 5.32 Å². The highest BCUT2D eigenvalue weighted by molar-refractivity contribution is 5.76. The maximum atomic E-state index is 12.9. The molecule has 6 nitrogen and oxygen atoms in total. The van der Waals surface area contributed by atoms with Gasteiger partial charge in [-0.05, 0) is 23.3 Å². The Morgan fingerprint density at radius 1 is 1.03 bits per heavy atom. The van der Waals surface area contributed by atoms with Crippen LogP contribution in [0.1, 0.15) is 17.5 Å². The van der Waals surface area contributed by atoms with Crippen LogP contribution in [-0.2, 0) is 22.6 Å². The second-order valence-corrected chi connectivity index (χ2v) is 7.39. The number of carbonyl (C=O) groups is 1. The van der Waals surface area contributed by atoms with Gasteiger partial charge in [0.15, 0.2) is 0 Å². The Kier molecular flexibility index (Phi) is 7.33. The van der Waals surface area contributed by atoms with Crippen molar-refractivity contribution in [3.63, 3.8) is 0 Å². The first kappa shape index (κ1) is 21.4. The van der Waals surface area contributed by atoms with E-state index in [4.69, 9.17) is 4.74 Å². The van der Waals surface area contributed by atoms with Crippen LogP contribution >= 0.6 is 0 Å². The number of amides is 1. The number of nitrogens with one attached hydrogen (secondary N) is 1. The average molecular weight is 402 g/mol. The van der Waals surface area contributed by atoms with Gasteiger partial charge in [-0.25, -0.2) is 4.39 Å². The molecule has 1 aliphatic heterocycles. The van der Waals surface area contributed by atoms with E-state index in [1.54, 1.807) is 24.1 Å². The predicted octanol–water partition coefficient (Wildman–Crippen LogP) is 1.45. The van der Waals surface area contributed by atoms with E-state index in [0.717, 1.165) is 11.1 Å². The fraction of sp³-hybridized carbons (Fsp3) is 0.409. The van der Waals surface area contributed by atoms with E-state index < -0.39 is 24.4 Å². The highest BCUT2D eigenvalue weighted by Crippen LogP contribution is 2.24. The summed E-state index contributed by atoms with van der Waals surface area (Å²) in [5.41, 5.74) is 1.91. The molecule has 0 bridgehead atoms. The van der Waals surface area contributed by atoms with E-state index in [1.165, 1.54) is 12.1 Å². The van der Waals surface area contributed by atoms with Crippen LogP contribution in [0.15, 0.2) is 54.6 Å². The second-order valence-electron chi connectivity index (χ2n) is 7.39. The van der Waals surface area contributed by atoms with Crippen molar-refractivity contribution in [3.05, 3.63) is 71.5 Å². The zero-order valence-electron chi connectivity index (χ0n) is 16.4. The molecule has 1 fully saturated rings. The maximum absolute atomic E-state index is 12.9. The van der Waals surface area contributed by atoms with Gasteiger partial charge in [-0.2, -0.15) is 0 Å². The Hall–Kier alpha value is -2.32. The van der Waals surface area contributed by atoms with Crippen LogP contribution in [0.25, 0.3) is 0 Å². The lowest BCUT2D eigenvalue weighted by Crippen LogP contribution is -2.38. The van der Waals surface area contributed by atoms with E-state index in [-0.39, 0.29) is 18.1 Å². The topological polar surface area (TPSA) is 82.0 Å². The number of ether oxygens (including phenoxy) is 1. The largest absolute Gasteiger partial charge is 0.388 e. The van der Waals surface area contributed by atoms with Gasteiger partial charge >= 0.3 is 0 Å². The molecule has 0 spiro atoms. The summed E-state index contributed by atoms with van der Waals surface area (Å²) in [6.07, 6.45) is -3.58. The molecule has 0 aliphatic carbocycles. The summed E-state index contributed by atoms with van der Waals surface area (Å²) in [4.78, 5) is 14.1. The van der Waals surface area contributed by atoms with Crippen LogP contribution in [0.5, 0.6) is 0 Å².